The number of ether oxygens (including phenoxy) is 2. The van der Waals surface area contributed by atoms with E-state index >= 15 is 0 Å². The van der Waals surface area contributed by atoms with Gasteiger partial charge in [-0.15, -0.1) is 11.3 Å². The maximum Gasteiger partial charge on any atom is 0.341 e. The van der Waals surface area contributed by atoms with Crippen LogP contribution in [0.2, 0.25) is 0 Å². The molecule has 0 bridgehead atoms. The summed E-state index contributed by atoms with van der Waals surface area (Å²) in [5, 5.41) is 26.2. The van der Waals surface area contributed by atoms with Crippen LogP contribution in [0.15, 0.2) is 53.9 Å². The van der Waals surface area contributed by atoms with Crippen LogP contribution in [0.5, 0.6) is 5.75 Å². The van der Waals surface area contributed by atoms with Crippen LogP contribution in [-0.4, -0.2) is 34.9 Å². The number of carbonyl (C=O) groups is 2. The molecule has 0 saturated heterocycles. The zero-order valence-electron chi connectivity index (χ0n) is 17.2. The second kappa shape index (κ2) is 10.3. The van der Waals surface area contributed by atoms with Crippen molar-refractivity contribution in [1.29, 1.82) is 0 Å². The van der Waals surface area contributed by atoms with E-state index in [4.69, 9.17) is 9.47 Å². The van der Waals surface area contributed by atoms with Crippen molar-refractivity contribution >= 4 is 39.6 Å². The fraction of sp³-hybridized carbons (Fsp3) is 0.143. The largest absolute Gasteiger partial charge is 0.484 e. The number of nitrogens with one attached hydrogen (secondary N) is 1. The molecule has 0 atom stereocenters. The lowest BCUT2D eigenvalue weighted by molar-refractivity contribution is -0.385. The van der Waals surface area contributed by atoms with Gasteiger partial charge in [-0.3, -0.25) is 25.0 Å². The third-order valence-electron chi connectivity index (χ3n) is 4.31. The predicted molar refractivity (Wildman–Crippen MR) is 120 cm³/mol. The summed E-state index contributed by atoms with van der Waals surface area (Å²) in [6.45, 7) is 1.32. The van der Waals surface area contributed by atoms with Crippen molar-refractivity contribution in [2.24, 2.45) is 0 Å². The second-order valence-corrected chi connectivity index (χ2v) is 7.35. The lowest BCUT2D eigenvalue weighted by Crippen LogP contribution is -2.21. The molecular formula is C21H17N3O8S. The first-order valence-electron chi connectivity index (χ1n) is 9.50. The fourth-order valence-corrected chi connectivity index (χ4v) is 3.80. The van der Waals surface area contributed by atoms with Gasteiger partial charge in [-0.25, -0.2) is 4.79 Å². The summed E-state index contributed by atoms with van der Waals surface area (Å²) in [7, 11) is 0. The molecule has 0 fully saturated rings. The number of thiophene rings is 1. The minimum absolute atomic E-state index is 0.0750. The van der Waals surface area contributed by atoms with Crippen LogP contribution in [-0.2, 0) is 9.53 Å². The Balaban J connectivity index is 1.80. The van der Waals surface area contributed by atoms with Crippen molar-refractivity contribution in [2.45, 2.75) is 6.92 Å². The number of hydrogen-bond donors (Lipinski definition) is 1. The number of anilines is 1. The third-order valence-corrected chi connectivity index (χ3v) is 5.20. The van der Waals surface area contributed by atoms with Gasteiger partial charge in [0.15, 0.2) is 6.61 Å². The highest BCUT2D eigenvalue weighted by Gasteiger charge is 2.24. The van der Waals surface area contributed by atoms with Gasteiger partial charge in [0.1, 0.15) is 16.3 Å². The Labute approximate surface area is 190 Å². The van der Waals surface area contributed by atoms with Crippen LogP contribution >= 0.6 is 11.3 Å². The molecule has 2 aromatic carbocycles. The highest BCUT2D eigenvalue weighted by molar-refractivity contribution is 7.15. The smallest absolute Gasteiger partial charge is 0.341 e. The van der Waals surface area contributed by atoms with Gasteiger partial charge < -0.3 is 14.8 Å². The predicted octanol–water partition coefficient (Wildman–Crippen LogP) is 4.43. The summed E-state index contributed by atoms with van der Waals surface area (Å²) < 4.78 is 10.4. The molecule has 0 aliphatic carbocycles. The molecule has 1 heterocycles. The fourth-order valence-electron chi connectivity index (χ4n) is 2.83. The summed E-state index contributed by atoms with van der Waals surface area (Å²) in [5.74, 6) is -1.01. The van der Waals surface area contributed by atoms with Gasteiger partial charge in [-0.1, -0.05) is 12.1 Å². The zero-order valence-corrected chi connectivity index (χ0v) is 18.0. The number of rotatable bonds is 9. The molecule has 170 valence electrons. The number of nitro groups is 2. The van der Waals surface area contributed by atoms with Crippen molar-refractivity contribution in [2.75, 3.05) is 18.5 Å². The van der Waals surface area contributed by atoms with Crippen LogP contribution in [0.4, 0.5) is 16.4 Å². The number of carbonyl (C=O) groups excluding carboxylic acids is 2. The van der Waals surface area contributed by atoms with Crippen molar-refractivity contribution in [3.8, 4) is 16.9 Å². The summed E-state index contributed by atoms with van der Waals surface area (Å²) in [4.78, 5) is 45.7. The molecule has 1 N–H and O–H groups in total. The molecule has 0 saturated carbocycles. The van der Waals surface area contributed by atoms with Gasteiger partial charge in [0.05, 0.1) is 16.5 Å². The van der Waals surface area contributed by atoms with Gasteiger partial charge >= 0.3 is 5.97 Å². The van der Waals surface area contributed by atoms with Crippen LogP contribution in [0, 0.1) is 20.2 Å². The quantitative estimate of drug-likeness (QED) is 0.273. The highest BCUT2D eigenvalue weighted by atomic mass is 32.1. The molecule has 3 rings (SSSR count). The number of non-ortho nitro benzene ring substituents is 2. The summed E-state index contributed by atoms with van der Waals surface area (Å²) in [5.41, 5.74) is 0.625. The lowest BCUT2D eigenvalue weighted by atomic mass is 10.0. The van der Waals surface area contributed by atoms with E-state index in [0.29, 0.717) is 11.1 Å². The van der Waals surface area contributed by atoms with Gasteiger partial charge in [0.25, 0.3) is 17.3 Å². The van der Waals surface area contributed by atoms with Crippen LogP contribution in [0.3, 0.4) is 0 Å². The number of amides is 1. The molecule has 3 aromatic rings. The molecular weight excluding hydrogens is 454 g/mol. The normalized spacial score (nSPS) is 10.3. The standard InChI is InChI=1S/C21H17N3O8S/c1-2-31-21(26)19-17(13-4-3-5-15(10-13)24(29)30)12-33-20(19)22-18(25)11-32-16-8-6-14(7-9-16)23(27)28/h3-10,12H,2,11H2,1H3,(H,22,25). The maximum absolute atomic E-state index is 12.6. The van der Waals surface area contributed by atoms with Gasteiger partial charge in [-0.2, -0.15) is 0 Å². The Bertz CT molecular complexity index is 1210. The van der Waals surface area contributed by atoms with Gasteiger partial charge in [-0.05, 0) is 24.6 Å². The highest BCUT2D eigenvalue weighted by Crippen LogP contribution is 2.37. The van der Waals surface area contributed by atoms with E-state index in [1.165, 1.54) is 42.5 Å². The van der Waals surface area contributed by atoms with E-state index in [1.54, 1.807) is 18.4 Å². The van der Waals surface area contributed by atoms with Crippen LogP contribution in [0.1, 0.15) is 17.3 Å². The van der Waals surface area contributed by atoms with Crippen molar-refractivity contribution in [3.05, 3.63) is 79.7 Å². The number of nitrogens with zero attached hydrogens (tertiary/aromatic N) is 2. The summed E-state index contributed by atoms with van der Waals surface area (Å²) in [6.07, 6.45) is 0. The first-order chi connectivity index (χ1) is 15.8. The van der Waals surface area contributed by atoms with Crippen molar-refractivity contribution in [1.82, 2.24) is 0 Å². The molecule has 0 aliphatic rings. The molecule has 0 spiro atoms. The minimum Gasteiger partial charge on any atom is -0.484 e. The first-order valence-corrected chi connectivity index (χ1v) is 10.4. The van der Waals surface area contributed by atoms with Gasteiger partial charge in [0.2, 0.25) is 0 Å². The molecule has 12 heteroatoms. The Kier molecular flexibility index (Phi) is 7.31. The average Bonchev–Trinajstić information content (AvgIpc) is 3.21. The monoisotopic (exact) mass is 471 g/mol. The number of esters is 1. The molecule has 33 heavy (non-hydrogen) atoms. The molecule has 1 amide bonds. The summed E-state index contributed by atoms with van der Waals surface area (Å²) in [6, 6.07) is 11.0. The van der Waals surface area contributed by atoms with Crippen LogP contribution < -0.4 is 10.1 Å². The topological polar surface area (TPSA) is 151 Å². The SMILES string of the molecule is CCOC(=O)c1c(-c2cccc([N+](=O)[O-])c2)csc1NC(=O)COc1ccc([N+](=O)[O-])cc1. The van der Waals surface area contributed by atoms with E-state index in [-0.39, 0.29) is 34.3 Å². The molecule has 1 aromatic heterocycles. The minimum atomic E-state index is -0.688. The Morgan fingerprint density at radius 2 is 1.73 bits per heavy atom. The maximum atomic E-state index is 12.6. The zero-order chi connectivity index (χ0) is 24.0. The lowest BCUT2D eigenvalue weighted by Gasteiger charge is -2.09. The second-order valence-electron chi connectivity index (χ2n) is 6.47. The number of nitro benzene ring substituents is 2. The molecule has 0 radical (unpaired) electrons. The van der Waals surface area contributed by atoms with E-state index in [1.807, 2.05) is 0 Å². The van der Waals surface area contributed by atoms with E-state index in [0.717, 1.165) is 11.3 Å². The number of benzene rings is 2. The molecule has 11 nitrogen and oxygen atoms in total. The van der Waals surface area contributed by atoms with E-state index in [9.17, 15) is 29.8 Å². The van der Waals surface area contributed by atoms with Gasteiger partial charge in [0, 0.05) is 35.2 Å². The van der Waals surface area contributed by atoms with E-state index < -0.39 is 28.3 Å². The van der Waals surface area contributed by atoms with Crippen LogP contribution in [0.25, 0.3) is 11.1 Å². The first kappa shape index (κ1) is 23.3. The summed E-state index contributed by atoms with van der Waals surface area (Å²) >= 11 is 1.06. The Hall–Kier alpha value is -4.32. The van der Waals surface area contributed by atoms with Crippen molar-refractivity contribution < 1.29 is 28.9 Å². The molecule has 0 aliphatic heterocycles. The van der Waals surface area contributed by atoms with Crippen molar-refractivity contribution in [3.63, 3.8) is 0 Å². The Morgan fingerprint density at radius 3 is 2.36 bits per heavy atom. The Morgan fingerprint density at radius 1 is 1.03 bits per heavy atom. The third kappa shape index (κ3) is 5.68. The average molecular weight is 471 g/mol. The number of hydrogen-bond acceptors (Lipinski definition) is 9. The van der Waals surface area contributed by atoms with E-state index in [2.05, 4.69) is 5.32 Å². The molecule has 0 unspecified atom stereocenters.